The highest BCUT2D eigenvalue weighted by atomic mass is 32.1. The maximum Gasteiger partial charge on any atom is 0.227 e. The fourth-order valence-corrected chi connectivity index (χ4v) is 2.55. The van der Waals surface area contributed by atoms with E-state index >= 15 is 0 Å². The fraction of sp³-hybridized carbons (Fsp3) is 0.500. The average Bonchev–Trinajstić information content (AvgIpc) is 3.13. The van der Waals surface area contributed by atoms with Gasteiger partial charge in [-0.2, -0.15) is 4.98 Å². The number of thiophene rings is 1. The number of hydrogen-bond acceptors (Lipinski definition) is 6. The summed E-state index contributed by atoms with van der Waals surface area (Å²) < 4.78 is 5.14. The zero-order chi connectivity index (χ0) is 15.1. The minimum absolute atomic E-state index is 0.0451. The lowest BCUT2D eigenvalue weighted by molar-refractivity contribution is -0.121. The normalized spacial score (nSPS) is 12.3. The molecule has 0 saturated carbocycles. The maximum atomic E-state index is 11.8. The summed E-state index contributed by atoms with van der Waals surface area (Å²) in [5.74, 6) is 0.990. The number of hydrogen-bond donors (Lipinski definition) is 2. The molecule has 1 amide bonds. The highest BCUT2D eigenvalue weighted by molar-refractivity contribution is 7.13. The molecule has 0 aliphatic heterocycles. The lowest BCUT2D eigenvalue weighted by Crippen LogP contribution is -2.32. The fourth-order valence-electron chi connectivity index (χ4n) is 1.90. The second-order valence-electron chi connectivity index (χ2n) is 4.82. The van der Waals surface area contributed by atoms with Crippen LogP contribution in [0.2, 0.25) is 0 Å². The van der Waals surface area contributed by atoms with Crippen LogP contribution in [0.3, 0.4) is 0 Å². The molecule has 114 valence electrons. The van der Waals surface area contributed by atoms with E-state index in [4.69, 9.17) is 9.63 Å². The Morgan fingerprint density at radius 3 is 3.14 bits per heavy atom. The molecule has 0 aliphatic rings. The molecule has 2 N–H and O–H groups in total. The molecular formula is C14H19N3O3S. The summed E-state index contributed by atoms with van der Waals surface area (Å²) in [5, 5.41) is 17.5. The SMILES string of the molecule is CC(CCCO)NC(=O)CCc1nc(-c2cccs2)no1. The summed E-state index contributed by atoms with van der Waals surface area (Å²) >= 11 is 1.55. The van der Waals surface area contributed by atoms with E-state index in [1.807, 2.05) is 24.4 Å². The molecule has 1 atom stereocenters. The number of amides is 1. The third-order valence-electron chi connectivity index (χ3n) is 2.98. The number of aromatic nitrogens is 2. The highest BCUT2D eigenvalue weighted by Crippen LogP contribution is 2.21. The summed E-state index contributed by atoms with van der Waals surface area (Å²) in [4.78, 5) is 17.0. The van der Waals surface area contributed by atoms with Crippen molar-refractivity contribution in [2.24, 2.45) is 0 Å². The first kappa shape index (κ1) is 15.7. The Morgan fingerprint density at radius 2 is 2.43 bits per heavy atom. The van der Waals surface area contributed by atoms with Gasteiger partial charge in [0.1, 0.15) is 0 Å². The number of aryl methyl sites for hydroxylation is 1. The van der Waals surface area contributed by atoms with Crippen LogP contribution in [0.25, 0.3) is 10.7 Å². The van der Waals surface area contributed by atoms with Crippen LogP contribution in [-0.2, 0) is 11.2 Å². The van der Waals surface area contributed by atoms with Crippen LogP contribution in [0, 0.1) is 0 Å². The van der Waals surface area contributed by atoms with Gasteiger partial charge in [0.05, 0.1) is 4.88 Å². The Morgan fingerprint density at radius 1 is 1.57 bits per heavy atom. The summed E-state index contributed by atoms with van der Waals surface area (Å²) in [6.45, 7) is 2.07. The first-order valence-corrected chi connectivity index (χ1v) is 7.83. The van der Waals surface area contributed by atoms with Crippen molar-refractivity contribution < 1.29 is 14.4 Å². The number of nitrogens with one attached hydrogen (secondary N) is 1. The van der Waals surface area contributed by atoms with E-state index in [9.17, 15) is 4.79 Å². The third kappa shape index (κ3) is 4.95. The van der Waals surface area contributed by atoms with Crippen molar-refractivity contribution >= 4 is 17.2 Å². The minimum Gasteiger partial charge on any atom is -0.396 e. The number of aliphatic hydroxyl groups excluding tert-OH is 1. The second-order valence-corrected chi connectivity index (χ2v) is 5.77. The molecule has 21 heavy (non-hydrogen) atoms. The molecule has 2 rings (SSSR count). The molecule has 7 heteroatoms. The molecule has 0 radical (unpaired) electrons. The molecule has 2 heterocycles. The average molecular weight is 309 g/mol. The molecule has 2 aromatic rings. The van der Waals surface area contributed by atoms with Crippen molar-refractivity contribution in [3.8, 4) is 10.7 Å². The van der Waals surface area contributed by atoms with E-state index in [-0.39, 0.29) is 18.6 Å². The zero-order valence-electron chi connectivity index (χ0n) is 11.9. The van der Waals surface area contributed by atoms with E-state index in [2.05, 4.69) is 15.5 Å². The first-order chi connectivity index (χ1) is 10.2. The Balaban J connectivity index is 1.77. The Kier molecular flexibility index (Phi) is 5.89. The van der Waals surface area contributed by atoms with Crippen LogP contribution in [0.15, 0.2) is 22.0 Å². The number of rotatable bonds is 8. The van der Waals surface area contributed by atoms with Crippen LogP contribution in [0.4, 0.5) is 0 Å². The van der Waals surface area contributed by atoms with E-state index in [0.717, 1.165) is 11.3 Å². The summed E-state index contributed by atoms with van der Waals surface area (Å²) in [7, 11) is 0. The first-order valence-electron chi connectivity index (χ1n) is 6.95. The van der Waals surface area contributed by atoms with Crippen molar-refractivity contribution in [3.05, 3.63) is 23.4 Å². The van der Waals surface area contributed by atoms with E-state index in [0.29, 0.717) is 31.0 Å². The van der Waals surface area contributed by atoms with E-state index < -0.39 is 0 Å². The van der Waals surface area contributed by atoms with Crippen LogP contribution in [0.1, 0.15) is 32.1 Å². The second kappa shape index (κ2) is 7.90. The van der Waals surface area contributed by atoms with E-state index in [1.54, 1.807) is 11.3 Å². The van der Waals surface area contributed by atoms with Crippen molar-refractivity contribution in [3.63, 3.8) is 0 Å². The van der Waals surface area contributed by atoms with Gasteiger partial charge in [0.15, 0.2) is 0 Å². The van der Waals surface area contributed by atoms with Gasteiger partial charge >= 0.3 is 0 Å². The largest absolute Gasteiger partial charge is 0.396 e. The summed E-state index contributed by atoms with van der Waals surface area (Å²) in [6, 6.07) is 3.92. The standard InChI is InChI=1S/C14H19N3O3S/c1-10(4-2-8-18)15-12(19)6-7-13-16-14(17-20-13)11-5-3-9-21-11/h3,5,9-10,18H,2,4,6-8H2,1H3,(H,15,19). The summed E-state index contributed by atoms with van der Waals surface area (Å²) in [5.41, 5.74) is 0. The zero-order valence-corrected chi connectivity index (χ0v) is 12.7. The molecule has 0 saturated heterocycles. The van der Waals surface area contributed by atoms with Gasteiger partial charge in [-0.15, -0.1) is 11.3 Å². The number of aliphatic hydroxyl groups is 1. The number of nitrogens with zero attached hydrogens (tertiary/aromatic N) is 2. The molecule has 0 aliphatic carbocycles. The monoisotopic (exact) mass is 309 g/mol. The van der Waals surface area contributed by atoms with Crippen molar-refractivity contribution in [1.29, 1.82) is 0 Å². The summed E-state index contributed by atoms with van der Waals surface area (Å²) in [6.07, 6.45) is 2.20. The van der Waals surface area contributed by atoms with Crippen molar-refractivity contribution in [2.45, 2.75) is 38.6 Å². The lowest BCUT2D eigenvalue weighted by atomic mass is 10.2. The van der Waals surface area contributed by atoms with E-state index in [1.165, 1.54) is 0 Å². The number of carbonyl (C=O) groups is 1. The topological polar surface area (TPSA) is 88.2 Å². The minimum atomic E-state index is -0.0451. The van der Waals surface area contributed by atoms with Gasteiger partial charge < -0.3 is 14.9 Å². The van der Waals surface area contributed by atoms with Gasteiger partial charge in [-0.05, 0) is 31.2 Å². The molecule has 2 aromatic heterocycles. The molecule has 0 fully saturated rings. The van der Waals surface area contributed by atoms with Gasteiger partial charge in [-0.1, -0.05) is 11.2 Å². The molecule has 0 bridgehead atoms. The highest BCUT2D eigenvalue weighted by Gasteiger charge is 2.12. The molecule has 1 unspecified atom stereocenters. The predicted octanol–water partition coefficient (Wildman–Crippen LogP) is 2.01. The quantitative estimate of drug-likeness (QED) is 0.778. The smallest absolute Gasteiger partial charge is 0.227 e. The Hall–Kier alpha value is -1.73. The molecule has 6 nitrogen and oxygen atoms in total. The van der Waals surface area contributed by atoms with Gasteiger partial charge in [0.2, 0.25) is 17.6 Å². The lowest BCUT2D eigenvalue weighted by Gasteiger charge is -2.12. The van der Waals surface area contributed by atoms with Crippen molar-refractivity contribution in [2.75, 3.05) is 6.61 Å². The van der Waals surface area contributed by atoms with Crippen LogP contribution in [-0.4, -0.2) is 33.8 Å². The molecule has 0 aromatic carbocycles. The van der Waals surface area contributed by atoms with Gasteiger partial charge in [-0.3, -0.25) is 4.79 Å². The number of carbonyl (C=O) groups excluding carboxylic acids is 1. The van der Waals surface area contributed by atoms with Gasteiger partial charge in [0.25, 0.3) is 0 Å². The van der Waals surface area contributed by atoms with Crippen molar-refractivity contribution in [1.82, 2.24) is 15.5 Å². The third-order valence-corrected chi connectivity index (χ3v) is 3.84. The predicted molar refractivity (Wildman–Crippen MR) is 79.9 cm³/mol. The molecular weight excluding hydrogens is 290 g/mol. The van der Waals surface area contributed by atoms with Gasteiger partial charge in [-0.25, -0.2) is 0 Å². The van der Waals surface area contributed by atoms with Gasteiger partial charge in [0, 0.05) is 25.5 Å². The van der Waals surface area contributed by atoms with Crippen LogP contribution >= 0.6 is 11.3 Å². The van der Waals surface area contributed by atoms with Crippen LogP contribution in [0.5, 0.6) is 0 Å². The Bertz CT molecular complexity index is 554. The maximum absolute atomic E-state index is 11.8. The Labute approximate surface area is 127 Å². The van der Waals surface area contributed by atoms with Crippen LogP contribution < -0.4 is 5.32 Å². The molecule has 0 spiro atoms.